The van der Waals surface area contributed by atoms with Crippen molar-refractivity contribution >= 4 is 6.03 Å². The van der Waals surface area contributed by atoms with Gasteiger partial charge in [0, 0.05) is 20.2 Å². The van der Waals surface area contributed by atoms with Crippen molar-refractivity contribution in [3.63, 3.8) is 0 Å². The van der Waals surface area contributed by atoms with Crippen LogP contribution in [0, 0.1) is 5.92 Å². The molecule has 0 radical (unpaired) electrons. The zero-order valence-electron chi connectivity index (χ0n) is 14.9. The van der Waals surface area contributed by atoms with E-state index in [2.05, 4.69) is 22.6 Å². The first-order valence-electron chi connectivity index (χ1n) is 8.63. The van der Waals surface area contributed by atoms with E-state index in [4.69, 9.17) is 4.74 Å². The SMILES string of the molecule is CO[C@@H]1CN(C(=O)N[C@H](C)c2ccc(-n3ccnn3)cc2)CC[C@@H]1C. The second-order valence-corrected chi connectivity index (χ2v) is 6.60. The lowest BCUT2D eigenvalue weighted by atomic mass is 9.96. The average Bonchev–Trinajstić information content (AvgIpc) is 3.16. The van der Waals surface area contributed by atoms with Crippen molar-refractivity contribution in [2.75, 3.05) is 20.2 Å². The number of carbonyl (C=O) groups is 1. The molecule has 0 aliphatic carbocycles. The van der Waals surface area contributed by atoms with E-state index >= 15 is 0 Å². The molecule has 7 nitrogen and oxygen atoms in total. The van der Waals surface area contributed by atoms with Gasteiger partial charge in [0.15, 0.2) is 0 Å². The van der Waals surface area contributed by atoms with Crippen LogP contribution in [0.15, 0.2) is 36.7 Å². The van der Waals surface area contributed by atoms with Crippen molar-refractivity contribution in [3.8, 4) is 5.69 Å². The summed E-state index contributed by atoms with van der Waals surface area (Å²) in [5.41, 5.74) is 1.98. The predicted octanol–water partition coefficient (Wildman–Crippen LogP) is 2.39. The summed E-state index contributed by atoms with van der Waals surface area (Å²) >= 11 is 0. The number of nitrogens with zero attached hydrogens (tertiary/aromatic N) is 4. The lowest BCUT2D eigenvalue weighted by molar-refractivity contribution is 0.00689. The van der Waals surface area contributed by atoms with Crippen molar-refractivity contribution in [1.29, 1.82) is 0 Å². The fourth-order valence-electron chi connectivity index (χ4n) is 3.15. The number of urea groups is 1. The Labute approximate surface area is 148 Å². The molecule has 2 amide bonds. The van der Waals surface area contributed by atoms with Gasteiger partial charge in [0.05, 0.1) is 30.2 Å². The molecule has 1 aliphatic rings. The van der Waals surface area contributed by atoms with E-state index in [9.17, 15) is 4.79 Å². The largest absolute Gasteiger partial charge is 0.379 e. The minimum absolute atomic E-state index is 0.0400. The summed E-state index contributed by atoms with van der Waals surface area (Å²) in [6, 6.07) is 7.82. The third-order valence-corrected chi connectivity index (χ3v) is 4.90. The van der Waals surface area contributed by atoms with Gasteiger partial charge in [-0.1, -0.05) is 24.3 Å². The van der Waals surface area contributed by atoms with Crippen molar-refractivity contribution < 1.29 is 9.53 Å². The Bertz CT molecular complexity index is 686. The van der Waals surface area contributed by atoms with Crippen LogP contribution in [0.25, 0.3) is 5.69 Å². The number of amides is 2. The molecule has 7 heteroatoms. The van der Waals surface area contributed by atoms with E-state index in [1.54, 1.807) is 24.2 Å². The lowest BCUT2D eigenvalue weighted by Gasteiger charge is -2.36. The Morgan fingerprint density at radius 1 is 1.36 bits per heavy atom. The molecule has 134 valence electrons. The van der Waals surface area contributed by atoms with Crippen LogP contribution in [0.3, 0.4) is 0 Å². The van der Waals surface area contributed by atoms with Gasteiger partial charge >= 0.3 is 6.03 Å². The smallest absolute Gasteiger partial charge is 0.317 e. The van der Waals surface area contributed by atoms with Gasteiger partial charge in [-0.3, -0.25) is 0 Å². The average molecular weight is 343 g/mol. The first-order valence-corrected chi connectivity index (χ1v) is 8.63. The second-order valence-electron chi connectivity index (χ2n) is 6.60. The quantitative estimate of drug-likeness (QED) is 0.925. The molecule has 25 heavy (non-hydrogen) atoms. The monoisotopic (exact) mass is 343 g/mol. The van der Waals surface area contributed by atoms with E-state index in [-0.39, 0.29) is 18.2 Å². The molecule has 2 aromatic rings. The summed E-state index contributed by atoms with van der Waals surface area (Å²) in [5.74, 6) is 0.482. The molecule has 1 aromatic heterocycles. The van der Waals surface area contributed by atoms with Gasteiger partial charge < -0.3 is 15.0 Å². The molecule has 3 rings (SSSR count). The Hall–Kier alpha value is -2.41. The molecule has 1 saturated heterocycles. The van der Waals surface area contributed by atoms with Gasteiger partial charge in [0.2, 0.25) is 0 Å². The van der Waals surface area contributed by atoms with E-state index in [0.29, 0.717) is 12.5 Å². The predicted molar refractivity (Wildman–Crippen MR) is 94.5 cm³/mol. The van der Waals surface area contributed by atoms with Crippen LogP contribution < -0.4 is 5.32 Å². The highest BCUT2D eigenvalue weighted by atomic mass is 16.5. The standard InChI is InChI=1S/C18H25N5O2/c1-13-8-10-22(12-17(13)25-3)18(24)20-14(2)15-4-6-16(7-5-15)23-11-9-19-21-23/h4-7,9,11,13-14,17H,8,10,12H2,1-3H3,(H,20,24)/t13-,14+,17+/m0/s1. The van der Waals surface area contributed by atoms with Gasteiger partial charge in [-0.15, -0.1) is 5.10 Å². The van der Waals surface area contributed by atoms with Crippen LogP contribution in [0.5, 0.6) is 0 Å². The summed E-state index contributed by atoms with van der Waals surface area (Å²) in [4.78, 5) is 14.4. The number of hydrogen-bond donors (Lipinski definition) is 1. The summed E-state index contributed by atoms with van der Waals surface area (Å²) in [7, 11) is 1.71. The van der Waals surface area contributed by atoms with Gasteiger partial charge in [-0.25, -0.2) is 9.48 Å². The number of aromatic nitrogens is 3. The summed E-state index contributed by atoms with van der Waals surface area (Å²) in [6.45, 7) is 5.57. The van der Waals surface area contributed by atoms with Crippen LogP contribution >= 0.6 is 0 Å². The zero-order valence-corrected chi connectivity index (χ0v) is 14.9. The molecule has 0 unspecified atom stereocenters. The number of nitrogens with one attached hydrogen (secondary N) is 1. The minimum atomic E-state index is -0.0716. The molecule has 0 saturated carbocycles. The maximum Gasteiger partial charge on any atom is 0.317 e. The number of methoxy groups -OCH3 is 1. The van der Waals surface area contributed by atoms with Crippen molar-refractivity contribution in [2.24, 2.45) is 5.92 Å². The summed E-state index contributed by atoms with van der Waals surface area (Å²) in [5, 5.41) is 10.9. The Balaban J connectivity index is 1.60. The van der Waals surface area contributed by atoms with Crippen LogP contribution in [0.2, 0.25) is 0 Å². The van der Waals surface area contributed by atoms with Crippen LogP contribution in [-0.4, -0.2) is 52.2 Å². The van der Waals surface area contributed by atoms with E-state index in [1.165, 1.54) is 0 Å². The van der Waals surface area contributed by atoms with Crippen LogP contribution in [0.4, 0.5) is 4.79 Å². The third-order valence-electron chi connectivity index (χ3n) is 4.90. The highest BCUT2D eigenvalue weighted by Crippen LogP contribution is 2.21. The second kappa shape index (κ2) is 7.65. The normalized spacial score (nSPS) is 21.8. The molecule has 2 heterocycles. The van der Waals surface area contributed by atoms with E-state index in [0.717, 1.165) is 24.2 Å². The molecule has 3 atom stereocenters. The molecule has 1 aliphatic heterocycles. The Kier molecular flexibility index (Phi) is 5.33. The maximum atomic E-state index is 12.5. The fraction of sp³-hybridized carbons (Fsp3) is 0.500. The van der Waals surface area contributed by atoms with E-state index < -0.39 is 0 Å². The molecular formula is C18H25N5O2. The maximum absolute atomic E-state index is 12.5. The summed E-state index contributed by atoms with van der Waals surface area (Å²) < 4.78 is 7.19. The molecule has 1 N–H and O–H groups in total. The van der Waals surface area contributed by atoms with Gasteiger partial charge in [0.1, 0.15) is 0 Å². The first kappa shape index (κ1) is 17.4. The highest BCUT2D eigenvalue weighted by Gasteiger charge is 2.29. The molecule has 1 aromatic carbocycles. The van der Waals surface area contributed by atoms with Crippen molar-refractivity contribution in [2.45, 2.75) is 32.4 Å². The minimum Gasteiger partial charge on any atom is -0.379 e. The van der Waals surface area contributed by atoms with Gasteiger partial charge in [-0.2, -0.15) is 0 Å². The van der Waals surface area contributed by atoms with Gasteiger partial charge in [-0.05, 0) is 37.0 Å². The Morgan fingerprint density at radius 2 is 2.12 bits per heavy atom. The molecular weight excluding hydrogens is 318 g/mol. The van der Waals surface area contributed by atoms with Crippen molar-refractivity contribution in [1.82, 2.24) is 25.2 Å². The number of piperidine rings is 1. The summed E-state index contributed by atoms with van der Waals surface area (Å²) in [6.07, 6.45) is 4.51. The third kappa shape index (κ3) is 3.99. The molecule has 0 spiro atoms. The fourth-order valence-corrected chi connectivity index (χ4v) is 3.15. The zero-order chi connectivity index (χ0) is 17.8. The van der Waals surface area contributed by atoms with Gasteiger partial charge in [0.25, 0.3) is 0 Å². The number of carbonyl (C=O) groups excluding carboxylic acids is 1. The number of rotatable bonds is 4. The van der Waals surface area contributed by atoms with Crippen LogP contribution in [-0.2, 0) is 4.74 Å². The molecule has 0 bridgehead atoms. The topological polar surface area (TPSA) is 72.3 Å². The first-order chi connectivity index (χ1) is 12.1. The number of likely N-dealkylation sites (tertiary alicyclic amines) is 1. The highest BCUT2D eigenvalue weighted by molar-refractivity contribution is 5.74. The lowest BCUT2D eigenvalue weighted by Crippen LogP contribution is -2.50. The van der Waals surface area contributed by atoms with Crippen molar-refractivity contribution in [3.05, 3.63) is 42.2 Å². The number of benzene rings is 1. The number of ether oxygens (including phenoxy) is 1. The molecule has 1 fully saturated rings. The number of hydrogen-bond acceptors (Lipinski definition) is 4. The van der Waals surface area contributed by atoms with E-state index in [1.807, 2.05) is 36.1 Å². The Morgan fingerprint density at radius 3 is 2.76 bits per heavy atom. The van der Waals surface area contributed by atoms with Crippen LogP contribution in [0.1, 0.15) is 31.9 Å².